The second-order valence-corrected chi connectivity index (χ2v) is 8.89. The van der Waals surface area contributed by atoms with E-state index in [4.69, 9.17) is 0 Å². The zero-order chi connectivity index (χ0) is 14.6. The first-order chi connectivity index (χ1) is 9.57. The number of hydrogen-bond acceptors (Lipinski definition) is 0. The Labute approximate surface area is 184 Å². The summed E-state index contributed by atoms with van der Waals surface area (Å²) < 4.78 is 0. The molecule has 2 rings (SSSR count). The summed E-state index contributed by atoms with van der Waals surface area (Å²) in [6.45, 7) is 9.24. The van der Waals surface area contributed by atoms with Gasteiger partial charge in [0.15, 0.2) is 0 Å². The third-order valence-electron chi connectivity index (χ3n) is 4.58. The fraction of sp³-hybridized carbons (Fsp3) is 0.474. The van der Waals surface area contributed by atoms with Crippen molar-refractivity contribution in [3.8, 4) is 0 Å². The van der Waals surface area contributed by atoms with Crippen LogP contribution in [-0.4, -0.2) is 9.52 Å². The Hall–Kier alpha value is 0.501. The summed E-state index contributed by atoms with van der Waals surface area (Å²) in [5, 5.41) is 1.79. The van der Waals surface area contributed by atoms with Gasteiger partial charge in [0.2, 0.25) is 0 Å². The number of hydrogen-bond donors (Lipinski definition) is 0. The van der Waals surface area contributed by atoms with Gasteiger partial charge in [0.05, 0.1) is 0 Å². The molecular formula is C19H27Cl3SiTi. The van der Waals surface area contributed by atoms with Crippen LogP contribution in [0.2, 0.25) is 5.04 Å². The monoisotopic (exact) mass is 436 g/mol. The molecule has 0 nitrogen and oxygen atoms in total. The second-order valence-electron chi connectivity index (χ2n) is 6.31. The van der Waals surface area contributed by atoms with Gasteiger partial charge in [-0.2, -0.15) is 11.1 Å². The van der Waals surface area contributed by atoms with Gasteiger partial charge < -0.3 is 37.2 Å². The maximum absolute atomic E-state index is 3.81. The molecule has 0 amide bonds. The summed E-state index contributed by atoms with van der Waals surface area (Å²) in [6, 6.07) is 11.1. The van der Waals surface area contributed by atoms with Gasteiger partial charge in [0.1, 0.15) is 0 Å². The average Bonchev–Trinajstić information content (AvgIpc) is 2.63. The molecule has 0 aromatic heterocycles. The molecule has 0 radical (unpaired) electrons. The van der Waals surface area contributed by atoms with Crippen LogP contribution in [0, 0.1) is 6.08 Å². The number of benzene rings is 1. The third-order valence-corrected chi connectivity index (χ3v) is 6.77. The quantitative estimate of drug-likeness (QED) is 0.239. The third kappa shape index (κ3) is 7.40. The largest absolute Gasteiger partial charge is 4.00 e. The molecule has 5 heteroatoms. The van der Waals surface area contributed by atoms with Crippen molar-refractivity contribution in [3.63, 3.8) is 0 Å². The van der Waals surface area contributed by atoms with Crippen LogP contribution in [-0.2, 0) is 21.7 Å². The maximum Gasteiger partial charge on any atom is 4.00 e. The number of allylic oxidation sites excluding steroid dienone is 4. The average molecular weight is 438 g/mol. The van der Waals surface area contributed by atoms with E-state index >= 15 is 0 Å². The van der Waals surface area contributed by atoms with Crippen molar-refractivity contribution in [2.24, 2.45) is 0 Å². The Morgan fingerprint density at radius 1 is 1.00 bits per heavy atom. The summed E-state index contributed by atoms with van der Waals surface area (Å²) in [6.07, 6.45) is 9.05. The first kappa shape index (κ1) is 29.3. The Balaban J connectivity index is -0.00000110. The van der Waals surface area contributed by atoms with Crippen LogP contribution in [0.3, 0.4) is 0 Å². The molecule has 0 heterocycles. The summed E-state index contributed by atoms with van der Waals surface area (Å²) >= 11 is 0. The fourth-order valence-corrected chi connectivity index (χ4v) is 5.73. The Morgan fingerprint density at radius 2 is 1.58 bits per heavy atom. The maximum atomic E-state index is 3.81. The van der Waals surface area contributed by atoms with Crippen LogP contribution in [0.5, 0.6) is 0 Å². The summed E-state index contributed by atoms with van der Waals surface area (Å²) in [4.78, 5) is 0. The van der Waals surface area contributed by atoms with E-state index in [1.54, 1.807) is 10.8 Å². The minimum absolute atomic E-state index is 0. The van der Waals surface area contributed by atoms with Gasteiger partial charge in [-0.25, -0.2) is 5.57 Å². The molecule has 0 saturated heterocycles. The molecule has 1 aromatic rings. The normalized spacial score (nSPS) is 19.1. The van der Waals surface area contributed by atoms with Crippen LogP contribution >= 0.6 is 0 Å². The van der Waals surface area contributed by atoms with Crippen LogP contribution < -0.4 is 42.4 Å². The van der Waals surface area contributed by atoms with Crippen molar-refractivity contribution < 1.29 is 58.9 Å². The molecule has 24 heavy (non-hydrogen) atoms. The first-order valence-electron chi connectivity index (χ1n) is 7.93. The van der Waals surface area contributed by atoms with E-state index in [-0.39, 0.29) is 73.5 Å². The van der Waals surface area contributed by atoms with Crippen LogP contribution in [0.25, 0.3) is 0 Å². The second kappa shape index (κ2) is 13.7. The van der Waals surface area contributed by atoms with Gasteiger partial charge in [-0.05, 0) is 6.42 Å². The molecule has 1 aromatic carbocycles. The van der Waals surface area contributed by atoms with Crippen molar-refractivity contribution in [1.29, 1.82) is 0 Å². The van der Waals surface area contributed by atoms with E-state index in [0.717, 1.165) is 0 Å². The zero-order valence-corrected chi connectivity index (χ0v) is 20.3. The molecular weight excluding hydrogens is 411 g/mol. The van der Waals surface area contributed by atoms with E-state index < -0.39 is 0 Å². The number of unbranched alkanes of at least 4 members (excludes halogenated alkanes) is 2. The van der Waals surface area contributed by atoms with E-state index in [1.165, 1.54) is 36.8 Å². The van der Waals surface area contributed by atoms with Crippen molar-refractivity contribution in [2.75, 3.05) is 0 Å². The van der Waals surface area contributed by atoms with Gasteiger partial charge in [-0.15, -0.1) is 6.92 Å². The Kier molecular flexibility index (Phi) is 16.7. The molecule has 132 valence electrons. The van der Waals surface area contributed by atoms with Crippen molar-refractivity contribution in [2.45, 2.75) is 58.4 Å². The predicted molar refractivity (Wildman–Crippen MR) is 92.3 cm³/mol. The topological polar surface area (TPSA) is 0 Å². The summed E-state index contributed by atoms with van der Waals surface area (Å²) in [5.74, 6) is 0. The SMILES string of the molecule is CCCCCC1=C(C)C(C)=[C-]C1(C)[SiH2]c1ccccc1.[Cl-].[Cl-].[Cl-].[Ti+4]. The molecule has 0 fully saturated rings. The van der Waals surface area contributed by atoms with E-state index in [9.17, 15) is 0 Å². The van der Waals surface area contributed by atoms with Crippen LogP contribution in [0.1, 0.15) is 53.4 Å². The minimum atomic E-state index is -0.367. The first-order valence-corrected chi connectivity index (χ1v) is 9.34. The fourth-order valence-electron chi connectivity index (χ4n) is 3.39. The van der Waals surface area contributed by atoms with Gasteiger partial charge in [0.25, 0.3) is 0 Å². The van der Waals surface area contributed by atoms with E-state index in [0.29, 0.717) is 0 Å². The number of halogens is 3. The summed E-state index contributed by atoms with van der Waals surface area (Å²) in [5.41, 5.74) is 4.59. The van der Waals surface area contributed by atoms with Crippen molar-refractivity contribution >= 4 is 14.7 Å². The molecule has 0 spiro atoms. The Bertz CT molecular complexity index is 529. The van der Waals surface area contributed by atoms with Crippen molar-refractivity contribution in [1.82, 2.24) is 0 Å². The van der Waals surface area contributed by atoms with Gasteiger partial charge >= 0.3 is 21.7 Å². The van der Waals surface area contributed by atoms with E-state index in [2.05, 4.69) is 64.1 Å². The Morgan fingerprint density at radius 3 is 2.12 bits per heavy atom. The molecule has 1 atom stereocenters. The standard InChI is InChI=1S/C19H27Si.3ClH.Ti/c1-5-6-8-13-18-16(3)15(2)14-19(18,4)20-17-11-9-7-10-12-17;;;;/h7,9-12H,5-6,8,13,20H2,1-4H3;3*1H;/q-1;;;;+4/p-3. The predicted octanol–water partition coefficient (Wildman–Crippen LogP) is -4.67. The molecule has 1 aliphatic carbocycles. The molecule has 0 saturated carbocycles. The van der Waals surface area contributed by atoms with Crippen molar-refractivity contribution in [3.05, 3.63) is 53.1 Å². The molecule has 0 aliphatic heterocycles. The zero-order valence-electron chi connectivity index (χ0n) is 15.1. The molecule has 1 aliphatic rings. The molecule has 0 bridgehead atoms. The molecule has 1 unspecified atom stereocenters. The van der Waals surface area contributed by atoms with Crippen LogP contribution in [0.4, 0.5) is 0 Å². The number of rotatable bonds is 6. The van der Waals surface area contributed by atoms with Gasteiger partial charge in [-0.1, -0.05) is 80.6 Å². The van der Waals surface area contributed by atoms with E-state index in [1.807, 2.05) is 0 Å². The van der Waals surface area contributed by atoms with Gasteiger partial charge in [-0.3, -0.25) is 6.08 Å². The minimum Gasteiger partial charge on any atom is -1.00 e. The van der Waals surface area contributed by atoms with Crippen LogP contribution in [0.15, 0.2) is 47.1 Å². The molecule has 0 N–H and O–H groups in total. The smallest absolute Gasteiger partial charge is 1.00 e. The summed E-state index contributed by atoms with van der Waals surface area (Å²) in [7, 11) is -0.367. The van der Waals surface area contributed by atoms with Gasteiger partial charge in [0, 0.05) is 9.52 Å².